The van der Waals surface area contributed by atoms with E-state index in [1.54, 1.807) is 0 Å². The molecule has 0 aliphatic heterocycles. The van der Waals surface area contributed by atoms with Gasteiger partial charge in [0.1, 0.15) is 18.2 Å². The summed E-state index contributed by atoms with van der Waals surface area (Å²) in [6.45, 7) is 5.50. The van der Waals surface area contributed by atoms with Gasteiger partial charge in [0.25, 0.3) is 0 Å². The first-order valence-corrected chi connectivity index (χ1v) is 11.3. The average Bonchev–Trinajstić information content (AvgIpc) is 2.98. The smallest absolute Gasteiger partial charge is 0.139 e. The number of hydrogen-bond acceptors (Lipinski definition) is 5. The van der Waals surface area contributed by atoms with Crippen molar-refractivity contribution in [3.8, 4) is 0 Å². The molecule has 0 aromatic carbocycles. The highest BCUT2D eigenvalue weighted by atomic mass is 16.6. The van der Waals surface area contributed by atoms with Crippen LogP contribution in [0, 0.1) is 40.4 Å². The molecule has 0 heterocycles. The van der Waals surface area contributed by atoms with Crippen LogP contribution in [0.3, 0.4) is 0 Å². The number of nitrogens with two attached hydrogens (primary N) is 1. The van der Waals surface area contributed by atoms with Crippen molar-refractivity contribution in [2.24, 2.45) is 51.3 Å². The average molecular weight is 389 g/mol. The summed E-state index contributed by atoms with van der Waals surface area (Å²) in [5.41, 5.74) is 5.37. The zero-order chi connectivity index (χ0) is 19.9. The van der Waals surface area contributed by atoms with Gasteiger partial charge in [0, 0.05) is 36.9 Å². The number of nitrogens with zero attached hydrogens (tertiary/aromatic N) is 1. The third-order valence-electron chi connectivity index (χ3n) is 9.07. The Morgan fingerprint density at radius 3 is 2.79 bits per heavy atom. The second-order valence-corrected chi connectivity index (χ2v) is 10.3. The fourth-order valence-electron chi connectivity index (χ4n) is 7.45. The van der Waals surface area contributed by atoms with Crippen LogP contribution in [0.2, 0.25) is 0 Å². The lowest BCUT2D eigenvalue weighted by atomic mass is 9.44. The lowest BCUT2D eigenvalue weighted by Crippen LogP contribution is -2.56. The van der Waals surface area contributed by atoms with E-state index in [1.807, 2.05) is 6.21 Å². The monoisotopic (exact) mass is 388 g/mol. The maximum absolute atomic E-state index is 13.3. The molecule has 28 heavy (non-hydrogen) atoms. The van der Waals surface area contributed by atoms with Crippen molar-refractivity contribution in [1.82, 2.24) is 0 Å². The van der Waals surface area contributed by atoms with Crippen LogP contribution in [0.15, 0.2) is 5.16 Å². The number of rotatable bonds is 5. The Kier molecular flexibility index (Phi) is 5.41. The fraction of sp³-hybridized carbons (Fsp3) is 0.870. The molecule has 0 amide bonds. The Labute approximate surface area is 168 Å². The van der Waals surface area contributed by atoms with Gasteiger partial charge in [0.2, 0.25) is 0 Å². The van der Waals surface area contributed by atoms with Crippen molar-refractivity contribution in [1.29, 1.82) is 0 Å². The highest BCUT2D eigenvalue weighted by Gasteiger charge is 2.62. The van der Waals surface area contributed by atoms with Gasteiger partial charge in [-0.2, -0.15) is 0 Å². The van der Waals surface area contributed by atoms with Crippen LogP contribution in [-0.4, -0.2) is 30.9 Å². The lowest BCUT2D eigenvalue weighted by Gasteiger charge is -2.59. The second kappa shape index (κ2) is 7.55. The SMILES string of the molecule is C[C@]12CCC(C/C=N/OCCN)CC1C(=O)C[C@@H]1[C@H]2CC[C@]2(C)C(=O)CC[C@@H]12. The van der Waals surface area contributed by atoms with Gasteiger partial charge in [-0.15, -0.1) is 0 Å². The standard InChI is InChI=1S/C23H36N2O3/c1-22-8-5-15(7-11-25-28-12-10-24)13-19(22)20(26)14-16-17-3-4-21(27)23(17,2)9-6-18(16)22/h11,15-19H,3-10,12-14,24H2,1-2H3/b25-11+/t15?,16-,17-,18+,19?,22+,23-/m0/s1. The second-order valence-electron chi connectivity index (χ2n) is 10.3. The summed E-state index contributed by atoms with van der Waals surface area (Å²) >= 11 is 0. The van der Waals surface area contributed by atoms with Crippen molar-refractivity contribution >= 4 is 17.8 Å². The van der Waals surface area contributed by atoms with E-state index < -0.39 is 0 Å². The minimum absolute atomic E-state index is 0.122. The zero-order valence-corrected chi connectivity index (χ0v) is 17.5. The van der Waals surface area contributed by atoms with Gasteiger partial charge in [0.05, 0.1) is 0 Å². The van der Waals surface area contributed by atoms with Crippen molar-refractivity contribution < 1.29 is 14.4 Å². The van der Waals surface area contributed by atoms with E-state index in [9.17, 15) is 9.59 Å². The third kappa shape index (κ3) is 3.14. The predicted molar refractivity (Wildman–Crippen MR) is 109 cm³/mol. The van der Waals surface area contributed by atoms with Crippen molar-refractivity contribution in [3.63, 3.8) is 0 Å². The van der Waals surface area contributed by atoms with E-state index in [0.717, 1.165) is 51.4 Å². The molecule has 4 rings (SSSR count). The van der Waals surface area contributed by atoms with E-state index in [-0.39, 0.29) is 16.7 Å². The summed E-state index contributed by atoms with van der Waals surface area (Å²) in [6, 6.07) is 0. The first-order valence-electron chi connectivity index (χ1n) is 11.3. The molecule has 4 saturated carbocycles. The molecule has 0 bridgehead atoms. The van der Waals surface area contributed by atoms with Gasteiger partial charge in [-0.05, 0) is 74.0 Å². The summed E-state index contributed by atoms with van der Waals surface area (Å²) < 4.78 is 0. The number of ketones is 2. The molecule has 2 unspecified atom stereocenters. The number of carbonyl (C=O) groups is 2. The number of carbonyl (C=O) groups excluding carboxylic acids is 2. The number of oxime groups is 1. The lowest BCUT2D eigenvalue weighted by molar-refractivity contribution is -0.157. The van der Waals surface area contributed by atoms with E-state index in [0.29, 0.717) is 54.8 Å². The van der Waals surface area contributed by atoms with Gasteiger partial charge in [-0.3, -0.25) is 9.59 Å². The molecule has 0 radical (unpaired) electrons. The first-order chi connectivity index (χ1) is 13.4. The van der Waals surface area contributed by atoms with Crippen LogP contribution in [0.25, 0.3) is 0 Å². The Bertz CT molecular complexity index is 662. The molecule has 0 saturated heterocycles. The van der Waals surface area contributed by atoms with Gasteiger partial charge in [-0.1, -0.05) is 19.0 Å². The minimum atomic E-state index is -0.151. The maximum atomic E-state index is 13.3. The van der Waals surface area contributed by atoms with Gasteiger partial charge < -0.3 is 10.6 Å². The van der Waals surface area contributed by atoms with E-state index in [2.05, 4.69) is 19.0 Å². The molecule has 5 nitrogen and oxygen atoms in total. The summed E-state index contributed by atoms with van der Waals surface area (Å²) in [4.78, 5) is 30.9. The molecule has 4 aliphatic carbocycles. The molecule has 156 valence electrons. The molecular formula is C23H36N2O3. The zero-order valence-electron chi connectivity index (χ0n) is 17.5. The van der Waals surface area contributed by atoms with Crippen LogP contribution in [-0.2, 0) is 14.4 Å². The molecule has 4 fully saturated rings. The largest absolute Gasteiger partial charge is 0.395 e. The van der Waals surface area contributed by atoms with Gasteiger partial charge >= 0.3 is 0 Å². The molecule has 0 spiro atoms. The normalized spacial score (nSPS) is 45.6. The van der Waals surface area contributed by atoms with Crippen LogP contribution in [0.4, 0.5) is 0 Å². The molecular weight excluding hydrogens is 352 g/mol. The molecule has 0 aromatic rings. The Hall–Kier alpha value is -1.23. The van der Waals surface area contributed by atoms with Crippen molar-refractivity contribution in [2.75, 3.05) is 13.2 Å². The van der Waals surface area contributed by atoms with Gasteiger partial charge in [-0.25, -0.2) is 0 Å². The number of hydrogen-bond donors (Lipinski definition) is 1. The van der Waals surface area contributed by atoms with E-state index in [4.69, 9.17) is 10.6 Å². The predicted octanol–water partition coefficient (Wildman–Crippen LogP) is 3.74. The molecule has 4 aliphatic rings. The topological polar surface area (TPSA) is 81.8 Å². The summed E-state index contributed by atoms with van der Waals surface area (Å²) in [7, 11) is 0. The molecule has 2 N–H and O–H groups in total. The van der Waals surface area contributed by atoms with Crippen molar-refractivity contribution in [3.05, 3.63) is 0 Å². The molecule has 5 heteroatoms. The Morgan fingerprint density at radius 2 is 2.00 bits per heavy atom. The summed E-state index contributed by atoms with van der Waals surface area (Å²) in [5, 5.41) is 3.99. The van der Waals surface area contributed by atoms with Crippen LogP contribution < -0.4 is 5.73 Å². The number of Topliss-reactive ketones (excluding diaryl/α,β-unsaturated/α-hetero) is 2. The fourth-order valence-corrected chi connectivity index (χ4v) is 7.45. The van der Waals surface area contributed by atoms with Crippen molar-refractivity contribution in [2.45, 2.75) is 71.6 Å². The van der Waals surface area contributed by atoms with Crippen LogP contribution in [0.5, 0.6) is 0 Å². The third-order valence-corrected chi connectivity index (χ3v) is 9.07. The maximum Gasteiger partial charge on any atom is 0.139 e. The highest BCUT2D eigenvalue weighted by Crippen LogP contribution is 2.65. The first kappa shape index (κ1) is 20.1. The number of fused-ring (bicyclic) bond motifs is 5. The van der Waals surface area contributed by atoms with E-state index >= 15 is 0 Å². The Balaban J connectivity index is 1.46. The summed E-state index contributed by atoms with van der Waals surface area (Å²) in [6.07, 6.45) is 10.6. The Morgan fingerprint density at radius 1 is 1.18 bits per heavy atom. The summed E-state index contributed by atoms with van der Waals surface area (Å²) in [5.74, 6) is 3.11. The minimum Gasteiger partial charge on any atom is -0.395 e. The van der Waals surface area contributed by atoms with Gasteiger partial charge in [0.15, 0.2) is 0 Å². The molecule has 7 atom stereocenters. The van der Waals surface area contributed by atoms with Crippen LogP contribution in [0.1, 0.15) is 71.6 Å². The van der Waals surface area contributed by atoms with Crippen LogP contribution >= 0.6 is 0 Å². The highest BCUT2D eigenvalue weighted by molar-refractivity contribution is 5.88. The quantitative estimate of drug-likeness (QED) is 0.442. The van der Waals surface area contributed by atoms with E-state index in [1.165, 1.54) is 0 Å². The molecule has 0 aromatic heterocycles.